The van der Waals surface area contributed by atoms with E-state index in [-0.39, 0.29) is 0 Å². The molecule has 3 nitrogen and oxygen atoms in total. The minimum atomic E-state index is 0.559. The highest BCUT2D eigenvalue weighted by molar-refractivity contribution is 9.10. The smallest absolute Gasteiger partial charge is 0.151 e. The van der Waals surface area contributed by atoms with Crippen LogP contribution in [0, 0.1) is 11.3 Å². The van der Waals surface area contributed by atoms with Gasteiger partial charge in [-0.2, -0.15) is 5.26 Å². The average Bonchev–Trinajstić information content (AvgIpc) is 2.31. The molecular formula is C12H12BrNO2. The summed E-state index contributed by atoms with van der Waals surface area (Å²) in [6, 6.07) is 7.37. The number of rotatable bonds is 6. The van der Waals surface area contributed by atoms with Crippen molar-refractivity contribution in [2.45, 2.75) is 19.3 Å². The number of nitrogens with zero attached hydrogens (tertiary/aromatic N) is 1. The Balaban J connectivity index is 2.43. The van der Waals surface area contributed by atoms with E-state index < -0.39 is 0 Å². The Labute approximate surface area is 103 Å². The first kappa shape index (κ1) is 12.7. The third kappa shape index (κ3) is 4.03. The Morgan fingerprint density at radius 2 is 2.25 bits per heavy atom. The van der Waals surface area contributed by atoms with Gasteiger partial charge in [0.2, 0.25) is 0 Å². The summed E-state index contributed by atoms with van der Waals surface area (Å²) in [4.78, 5) is 10.7. The number of carbonyl (C=O) groups is 1. The molecule has 0 saturated heterocycles. The highest BCUT2D eigenvalue weighted by atomic mass is 79.9. The van der Waals surface area contributed by atoms with Crippen LogP contribution in [0.3, 0.4) is 0 Å². The summed E-state index contributed by atoms with van der Waals surface area (Å²) in [6.07, 6.45) is 3.03. The number of unbranched alkanes of at least 4 members (excludes halogenated alkanes) is 2. The fourth-order valence-electron chi connectivity index (χ4n) is 1.20. The van der Waals surface area contributed by atoms with Crippen molar-refractivity contribution in [3.8, 4) is 11.8 Å². The summed E-state index contributed by atoms with van der Waals surface area (Å²) >= 11 is 3.27. The maximum absolute atomic E-state index is 10.7. The molecule has 16 heavy (non-hydrogen) atoms. The molecule has 0 atom stereocenters. The summed E-state index contributed by atoms with van der Waals surface area (Å²) < 4.78 is 6.22. The van der Waals surface area contributed by atoms with Crippen molar-refractivity contribution in [1.82, 2.24) is 0 Å². The zero-order valence-corrected chi connectivity index (χ0v) is 10.4. The molecule has 1 rings (SSSR count). The van der Waals surface area contributed by atoms with Gasteiger partial charge in [0, 0.05) is 16.5 Å². The predicted octanol–water partition coefficient (Wildman–Crippen LogP) is 3.33. The van der Waals surface area contributed by atoms with Gasteiger partial charge in [-0.05, 0) is 31.0 Å². The number of ether oxygens (including phenoxy) is 1. The molecule has 0 fully saturated rings. The van der Waals surface area contributed by atoms with Gasteiger partial charge in [-0.1, -0.05) is 15.9 Å². The van der Waals surface area contributed by atoms with Crippen molar-refractivity contribution in [1.29, 1.82) is 5.26 Å². The van der Waals surface area contributed by atoms with Crippen LogP contribution in [0.4, 0.5) is 0 Å². The fraction of sp³-hybridized carbons (Fsp3) is 0.333. The predicted molar refractivity (Wildman–Crippen MR) is 64.5 cm³/mol. The van der Waals surface area contributed by atoms with Crippen LogP contribution < -0.4 is 4.74 Å². The monoisotopic (exact) mass is 281 g/mol. The van der Waals surface area contributed by atoms with E-state index in [4.69, 9.17) is 10.00 Å². The van der Waals surface area contributed by atoms with Gasteiger partial charge in [-0.3, -0.25) is 4.79 Å². The molecule has 0 radical (unpaired) electrons. The van der Waals surface area contributed by atoms with E-state index in [0.717, 1.165) is 23.6 Å². The third-order valence-electron chi connectivity index (χ3n) is 2.05. The molecule has 0 aromatic heterocycles. The molecule has 1 aromatic rings. The summed E-state index contributed by atoms with van der Waals surface area (Å²) in [7, 11) is 0. The van der Waals surface area contributed by atoms with Gasteiger partial charge in [0.15, 0.2) is 6.29 Å². The van der Waals surface area contributed by atoms with E-state index in [2.05, 4.69) is 22.0 Å². The normalized spacial score (nSPS) is 9.50. The third-order valence-corrected chi connectivity index (χ3v) is 2.77. The Kier molecular flexibility index (Phi) is 5.58. The molecule has 0 spiro atoms. The minimum absolute atomic E-state index is 0.559. The average molecular weight is 282 g/mol. The first-order valence-electron chi connectivity index (χ1n) is 5.02. The Morgan fingerprint density at radius 3 is 2.94 bits per heavy atom. The van der Waals surface area contributed by atoms with E-state index >= 15 is 0 Å². The molecule has 0 N–H and O–H groups in total. The molecule has 0 unspecified atom stereocenters. The van der Waals surface area contributed by atoms with Crippen molar-refractivity contribution in [3.63, 3.8) is 0 Å². The number of nitriles is 1. The summed E-state index contributed by atoms with van der Waals surface area (Å²) in [5.74, 6) is 0.683. The lowest BCUT2D eigenvalue weighted by Crippen LogP contribution is -1.97. The van der Waals surface area contributed by atoms with Crippen molar-refractivity contribution in [3.05, 3.63) is 28.2 Å². The van der Waals surface area contributed by atoms with Gasteiger partial charge in [-0.25, -0.2) is 0 Å². The molecule has 0 amide bonds. The van der Waals surface area contributed by atoms with Gasteiger partial charge in [0.25, 0.3) is 0 Å². The quantitative estimate of drug-likeness (QED) is 0.594. The first-order valence-corrected chi connectivity index (χ1v) is 5.81. The number of hydrogen-bond donors (Lipinski definition) is 0. The Hall–Kier alpha value is -1.34. The van der Waals surface area contributed by atoms with Crippen molar-refractivity contribution >= 4 is 22.2 Å². The van der Waals surface area contributed by atoms with Crippen LogP contribution in [0.2, 0.25) is 0 Å². The number of aldehydes is 1. The van der Waals surface area contributed by atoms with E-state index in [0.29, 0.717) is 24.3 Å². The molecule has 84 valence electrons. The number of halogens is 1. The van der Waals surface area contributed by atoms with E-state index in [1.807, 2.05) is 0 Å². The van der Waals surface area contributed by atoms with Crippen LogP contribution >= 0.6 is 15.9 Å². The molecule has 1 aromatic carbocycles. The zero-order chi connectivity index (χ0) is 11.8. The molecule has 0 heterocycles. The molecule has 0 aliphatic carbocycles. The molecule has 4 heteroatoms. The first-order chi connectivity index (χ1) is 7.77. The van der Waals surface area contributed by atoms with Gasteiger partial charge in [0.05, 0.1) is 12.7 Å². The molecule has 0 bridgehead atoms. The lowest BCUT2D eigenvalue weighted by atomic mass is 10.2. The maximum Gasteiger partial charge on any atom is 0.151 e. The zero-order valence-electron chi connectivity index (χ0n) is 8.78. The van der Waals surface area contributed by atoms with Crippen LogP contribution in [-0.2, 0) is 0 Å². The molecular weight excluding hydrogens is 270 g/mol. The van der Waals surface area contributed by atoms with Crippen LogP contribution in [0.25, 0.3) is 0 Å². The van der Waals surface area contributed by atoms with Crippen LogP contribution in [0.5, 0.6) is 5.75 Å². The summed E-state index contributed by atoms with van der Waals surface area (Å²) in [6.45, 7) is 0.571. The molecule has 0 aliphatic rings. The Bertz CT molecular complexity index is 398. The summed E-state index contributed by atoms with van der Waals surface area (Å²) in [5, 5.41) is 8.35. The lowest BCUT2D eigenvalue weighted by molar-refractivity contribution is 0.112. The summed E-state index contributed by atoms with van der Waals surface area (Å²) in [5.41, 5.74) is 0.578. The van der Waals surface area contributed by atoms with Crippen LogP contribution in [0.15, 0.2) is 22.7 Å². The largest absolute Gasteiger partial charge is 0.494 e. The van der Waals surface area contributed by atoms with Gasteiger partial charge in [-0.15, -0.1) is 0 Å². The highest BCUT2D eigenvalue weighted by Crippen LogP contribution is 2.21. The second-order valence-electron chi connectivity index (χ2n) is 3.26. The standard InChI is InChI=1S/C12H12BrNO2/c13-12-5-4-11(8-10(12)9-15)16-7-3-1-2-6-14/h4-5,8-9H,1-3,7H2. The van der Waals surface area contributed by atoms with Crippen LogP contribution in [-0.4, -0.2) is 12.9 Å². The van der Waals surface area contributed by atoms with Crippen molar-refractivity contribution in [2.24, 2.45) is 0 Å². The van der Waals surface area contributed by atoms with E-state index in [1.165, 1.54) is 0 Å². The second kappa shape index (κ2) is 7.02. The minimum Gasteiger partial charge on any atom is -0.494 e. The van der Waals surface area contributed by atoms with E-state index in [9.17, 15) is 4.79 Å². The van der Waals surface area contributed by atoms with Crippen LogP contribution in [0.1, 0.15) is 29.6 Å². The van der Waals surface area contributed by atoms with Crippen molar-refractivity contribution in [2.75, 3.05) is 6.61 Å². The van der Waals surface area contributed by atoms with Gasteiger partial charge in [0.1, 0.15) is 5.75 Å². The number of carbonyl (C=O) groups excluding carboxylic acids is 1. The topological polar surface area (TPSA) is 50.1 Å². The van der Waals surface area contributed by atoms with E-state index in [1.54, 1.807) is 18.2 Å². The van der Waals surface area contributed by atoms with Gasteiger partial charge < -0.3 is 4.74 Å². The highest BCUT2D eigenvalue weighted by Gasteiger charge is 2.01. The Morgan fingerprint density at radius 1 is 1.44 bits per heavy atom. The second-order valence-corrected chi connectivity index (χ2v) is 4.12. The maximum atomic E-state index is 10.7. The van der Waals surface area contributed by atoms with Crippen molar-refractivity contribution < 1.29 is 9.53 Å². The molecule has 0 aliphatic heterocycles. The lowest BCUT2D eigenvalue weighted by Gasteiger charge is -2.06. The number of benzene rings is 1. The number of hydrogen-bond acceptors (Lipinski definition) is 3. The van der Waals surface area contributed by atoms with Gasteiger partial charge >= 0.3 is 0 Å². The SMILES string of the molecule is N#CCCCCOc1ccc(Br)c(C=O)c1. The fourth-order valence-corrected chi connectivity index (χ4v) is 1.54. The molecule has 0 saturated carbocycles.